The van der Waals surface area contributed by atoms with Crippen LogP contribution in [0.2, 0.25) is 0 Å². The second-order valence-electron chi connectivity index (χ2n) is 5.81. The van der Waals surface area contributed by atoms with Crippen LogP contribution in [0.25, 0.3) is 0 Å². The molecule has 110 valence electrons. The first-order valence-corrected chi connectivity index (χ1v) is 7.15. The summed E-state index contributed by atoms with van der Waals surface area (Å²) in [6.07, 6.45) is -1.90. The van der Waals surface area contributed by atoms with Gasteiger partial charge in [0.1, 0.15) is 0 Å². The number of likely N-dealkylation sites (tertiary alicyclic amines) is 1. The Hall–Kier alpha value is -1.07. The summed E-state index contributed by atoms with van der Waals surface area (Å²) in [5, 5.41) is 3.48. The van der Waals surface area contributed by atoms with Crippen LogP contribution in [0, 0.1) is 5.92 Å². The molecule has 5 heteroatoms. The van der Waals surface area contributed by atoms with Crippen LogP contribution in [0.3, 0.4) is 0 Å². The van der Waals surface area contributed by atoms with Crippen molar-refractivity contribution in [2.45, 2.75) is 31.6 Å². The lowest BCUT2D eigenvalue weighted by molar-refractivity contribution is -0.138. The Bertz CT molecular complexity index is 458. The van der Waals surface area contributed by atoms with Crippen LogP contribution in [0.15, 0.2) is 24.3 Å². The minimum absolute atomic E-state index is 0.388. The largest absolute Gasteiger partial charge is 0.416 e. The molecule has 0 aromatic heterocycles. The molecule has 2 aliphatic heterocycles. The highest BCUT2D eigenvalue weighted by atomic mass is 19.4. The normalized spacial score (nSPS) is 27.6. The van der Waals surface area contributed by atoms with E-state index in [4.69, 9.17) is 0 Å². The number of rotatable bonds is 2. The zero-order chi connectivity index (χ0) is 14.2. The van der Waals surface area contributed by atoms with Gasteiger partial charge in [-0.2, -0.15) is 13.2 Å². The number of benzene rings is 1. The van der Waals surface area contributed by atoms with Crippen LogP contribution in [-0.2, 0) is 12.7 Å². The Balaban J connectivity index is 1.73. The number of hydrogen-bond donors (Lipinski definition) is 1. The van der Waals surface area contributed by atoms with Gasteiger partial charge in [-0.1, -0.05) is 18.2 Å². The van der Waals surface area contributed by atoms with Gasteiger partial charge in [0.2, 0.25) is 0 Å². The lowest BCUT2D eigenvalue weighted by atomic mass is 9.94. The molecule has 1 N–H and O–H groups in total. The first-order chi connectivity index (χ1) is 9.54. The van der Waals surface area contributed by atoms with Gasteiger partial charge in [0.25, 0.3) is 0 Å². The monoisotopic (exact) mass is 284 g/mol. The van der Waals surface area contributed by atoms with E-state index in [1.54, 1.807) is 12.1 Å². The molecule has 0 radical (unpaired) electrons. The van der Waals surface area contributed by atoms with Gasteiger partial charge in [0.05, 0.1) is 5.56 Å². The minimum Gasteiger partial charge on any atom is -0.312 e. The van der Waals surface area contributed by atoms with E-state index in [-0.39, 0.29) is 0 Å². The Morgan fingerprint density at radius 1 is 1.20 bits per heavy atom. The number of hydrogen-bond acceptors (Lipinski definition) is 2. The highest BCUT2D eigenvalue weighted by molar-refractivity contribution is 5.29. The van der Waals surface area contributed by atoms with Crippen LogP contribution in [-0.4, -0.2) is 30.6 Å². The van der Waals surface area contributed by atoms with E-state index in [2.05, 4.69) is 10.2 Å². The van der Waals surface area contributed by atoms with Gasteiger partial charge < -0.3 is 5.32 Å². The summed E-state index contributed by atoms with van der Waals surface area (Å²) in [7, 11) is 0. The van der Waals surface area contributed by atoms with Gasteiger partial charge in [-0.05, 0) is 36.9 Å². The summed E-state index contributed by atoms with van der Waals surface area (Å²) in [6, 6.07) is 6.38. The summed E-state index contributed by atoms with van der Waals surface area (Å²) in [5.41, 5.74) is -0.110. The second kappa shape index (κ2) is 5.37. The molecule has 2 heterocycles. The van der Waals surface area contributed by atoms with Crippen molar-refractivity contribution in [1.29, 1.82) is 0 Å². The highest BCUT2D eigenvalue weighted by Gasteiger charge is 2.36. The third kappa shape index (κ3) is 2.83. The number of piperidine rings is 1. The molecule has 0 saturated carbocycles. The van der Waals surface area contributed by atoms with Crippen LogP contribution in [0.1, 0.15) is 24.0 Å². The van der Waals surface area contributed by atoms with E-state index in [1.165, 1.54) is 25.0 Å². The molecule has 20 heavy (non-hydrogen) atoms. The predicted molar refractivity (Wildman–Crippen MR) is 71.2 cm³/mol. The Morgan fingerprint density at radius 3 is 2.75 bits per heavy atom. The fourth-order valence-electron chi connectivity index (χ4n) is 3.44. The average Bonchev–Trinajstić information content (AvgIpc) is 2.80. The third-order valence-corrected chi connectivity index (χ3v) is 4.39. The summed E-state index contributed by atoms with van der Waals surface area (Å²) < 4.78 is 39.0. The summed E-state index contributed by atoms with van der Waals surface area (Å²) >= 11 is 0. The molecule has 2 fully saturated rings. The van der Waals surface area contributed by atoms with E-state index >= 15 is 0 Å². The third-order valence-electron chi connectivity index (χ3n) is 4.39. The maximum Gasteiger partial charge on any atom is 0.416 e. The summed E-state index contributed by atoms with van der Waals surface area (Å²) in [5.74, 6) is 0.599. The molecule has 0 bridgehead atoms. The molecule has 1 aromatic carbocycles. The molecular formula is C15H19F3N2. The molecule has 3 rings (SSSR count). The van der Waals surface area contributed by atoms with Crippen molar-refractivity contribution in [2.24, 2.45) is 5.92 Å². The SMILES string of the molecule is FC(F)(F)c1ccccc1CN1CC2CCCNC2C1. The van der Waals surface area contributed by atoms with Crippen LogP contribution < -0.4 is 5.32 Å². The first kappa shape index (κ1) is 13.9. The predicted octanol–water partition coefficient (Wildman–Crippen LogP) is 2.89. The van der Waals surface area contributed by atoms with Crippen molar-refractivity contribution >= 4 is 0 Å². The Kier molecular flexibility index (Phi) is 3.73. The second-order valence-corrected chi connectivity index (χ2v) is 5.81. The molecule has 1 aromatic rings. The number of nitrogens with zero attached hydrogens (tertiary/aromatic N) is 1. The summed E-state index contributed by atoms with van der Waals surface area (Å²) in [4.78, 5) is 2.15. The van der Waals surface area contributed by atoms with Gasteiger partial charge in [-0.3, -0.25) is 4.90 Å². The van der Waals surface area contributed by atoms with E-state index < -0.39 is 11.7 Å². The van der Waals surface area contributed by atoms with Gasteiger partial charge in [0, 0.05) is 25.7 Å². The van der Waals surface area contributed by atoms with Crippen molar-refractivity contribution in [3.05, 3.63) is 35.4 Å². The zero-order valence-electron chi connectivity index (χ0n) is 11.3. The van der Waals surface area contributed by atoms with Gasteiger partial charge >= 0.3 is 6.18 Å². The molecule has 2 nitrogen and oxygen atoms in total. The minimum atomic E-state index is -4.26. The molecule has 0 aliphatic carbocycles. The van der Waals surface area contributed by atoms with Gasteiger partial charge in [-0.25, -0.2) is 0 Å². The maximum absolute atomic E-state index is 13.0. The van der Waals surface area contributed by atoms with Crippen molar-refractivity contribution in [2.75, 3.05) is 19.6 Å². The molecular weight excluding hydrogens is 265 g/mol. The summed E-state index contributed by atoms with van der Waals surface area (Å²) in [6.45, 7) is 3.19. The molecule has 2 atom stereocenters. The molecule has 2 unspecified atom stereocenters. The lowest BCUT2D eigenvalue weighted by Gasteiger charge is -2.24. The number of halogens is 3. The van der Waals surface area contributed by atoms with E-state index in [0.717, 1.165) is 19.6 Å². The van der Waals surface area contributed by atoms with E-state index in [1.807, 2.05) is 0 Å². The average molecular weight is 284 g/mol. The number of fused-ring (bicyclic) bond motifs is 1. The van der Waals surface area contributed by atoms with E-state index in [0.29, 0.717) is 24.1 Å². The van der Waals surface area contributed by atoms with Crippen molar-refractivity contribution in [3.63, 3.8) is 0 Å². The van der Waals surface area contributed by atoms with Crippen molar-refractivity contribution in [3.8, 4) is 0 Å². The molecule has 2 aliphatic rings. The molecule has 0 spiro atoms. The van der Waals surface area contributed by atoms with Crippen LogP contribution >= 0.6 is 0 Å². The van der Waals surface area contributed by atoms with Gasteiger partial charge in [-0.15, -0.1) is 0 Å². The topological polar surface area (TPSA) is 15.3 Å². The number of nitrogens with one attached hydrogen (secondary N) is 1. The maximum atomic E-state index is 13.0. The van der Waals surface area contributed by atoms with Crippen molar-refractivity contribution in [1.82, 2.24) is 10.2 Å². The molecule has 2 saturated heterocycles. The standard InChI is InChI=1S/C15H19F3N2/c16-15(17,18)13-6-2-1-4-11(13)8-20-9-12-5-3-7-19-14(12)10-20/h1-2,4,6,12,14,19H,3,5,7-10H2. The first-order valence-electron chi connectivity index (χ1n) is 7.15. The Morgan fingerprint density at radius 2 is 2.00 bits per heavy atom. The highest BCUT2D eigenvalue weighted by Crippen LogP contribution is 2.33. The smallest absolute Gasteiger partial charge is 0.312 e. The fraction of sp³-hybridized carbons (Fsp3) is 0.600. The number of alkyl halides is 3. The van der Waals surface area contributed by atoms with Crippen molar-refractivity contribution < 1.29 is 13.2 Å². The quantitative estimate of drug-likeness (QED) is 0.898. The van der Waals surface area contributed by atoms with Gasteiger partial charge in [0.15, 0.2) is 0 Å². The van der Waals surface area contributed by atoms with Crippen LogP contribution in [0.5, 0.6) is 0 Å². The zero-order valence-corrected chi connectivity index (χ0v) is 11.3. The fourth-order valence-corrected chi connectivity index (χ4v) is 3.44. The van der Waals surface area contributed by atoms with E-state index in [9.17, 15) is 13.2 Å². The molecule has 0 amide bonds. The lowest BCUT2D eigenvalue weighted by Crippen LogP contribution is -2.40. The van der Waals surface area contributed by atoms with Crippen LogP contribution in [0.4, 0.5) is 13.2 Å². The Labute approximate surface area is 117 Å².